The predicted octanol–water partition coefficient (Wildman–Crippen LogP) is 4.06. The SMILES string of the molecule is Nc1c(Nc2ccc(F)c(Cl)c2)ncnc1N1CCN(c2ccccc2F)CC1. The normalized spacial score (nSPS) is 14.2. The summed E-state index contributed by atoms with van der Waals surface area (Å²) < 4.78 is 27.4. The van der Waals surface area contributed by atoms with Gasteiger partial charge in [0.15, 0.2) is 11.6 Å². The Morgan fingerprint density at radius 1 is 0.931 bits per heavy atom. The fourth-order valence-electron chi connectivity index (χ4n) is 3.32. The van der Waals surface area contributed by atoms with Crippen molar-refractivity contribution in [3.05, 3.63) is 65.4 Å². The van der Waals surface area contributed by atoms with Gasteiger partial charge in [-0.3, -0.25) is 0 Å². The van der Waals surface area contributed by atoms with E-state index in [4.69, 9.17) is 17.3 Å². The quantitative estimate of drug-likeness (QED) is 0.668. The number of nitrogen functional groups attached to an aromatic ring is 1. The maximum Gasteiger partial charge on any atom is 0.159 e. The van der Waals surface area contributed by atoms with Gasteiger partial charge in [0.25, 0.3) is 0 Å². The average Bonchev–Trinajstić information content (AvgIpc) is 2.73. The molecule has 0 atom stereocenters. The van der Waals surface area contributed by atoms with Gasteiger partial charge >= 0.3 is 0 Å². The lowest BCUT2D eigenvalue weighted by molar-refractivity contribution is 0.596. The van der Waals surface area contributed by atoms with Crippen LogP contribution in [0.25, 0.3) is 0 Å². The highest BCUT2D eigenvalue weighted by atomic mass is 35.5. The molecule has 1 aliphatic heterocycles. The lowest BCUT2D eigenvalue weighted by Gasteiger charge is -2.37. The zero-order chi connectivity index (χ0) is 20.4. The minimum absolute atomic E-state index is 0.00659. The number of aromatic nitrogens is 2. The molecule has 0 bridgehead atoms. The number of nitrogens with two attached hydrogens (primary N) is 1. The highest BCUT2D eigenvalue weighted by Gasteiger charge is 2.23. The van der Waals surface area contributed by atoms with Crippen LogP contribution in [-0.4, -0.2) is 36.1 Å². The summed E-state index contributed by atoms with van der Waals surface area (Å²) in [6.07, 6.45) is 1.42. The first-order valence-electron chi connectivity index (χ1n) is 9.10. The summed E-state index contributed by atoms with van der Waals surface area (Å²) in [6, 6.07) is 11.0. The molecule has 9 heteroatoms. The van der Waals surface area contributed by atoms with Gasteiger partial charge in [-0.1, -0.05) is 23.7 Å². The van der Waals surface area contributed by atoms with Crippen LogP contribution in [0.1, 0.15) is 0 Å². The van der Waals surface area contributed by atoms with E-state index in [0.717, 1.165) is 0 Å². The molecule has 1 saturated heterocycles. The molecule has 3 N–H and O–H groups in total. The summed E-state index contributed by atoms with van der Waals surface area (Å²) in [6.45, 7) is 2.55. The summed E-state index contributed by atoms with van der Waals surface area (Å²) in [5.74, 6) is 0.284. The Morgan fingerprint density at radius 3 is 2.38 bits per heavy atom. The van der Waals surface area contributed by atoms with Crippen LogP contribution in [0.15, 0.2) is 48.8 Å². The molecule has 1 fully saturated rings. The maximum absolute atomic E-state index is 14.0. The second-order valence-corrected chi connectivity index (χ2v) is 7.05. The lowest BCUT2D eigenvalue weighted by Crippen LogP contribution is -2.47. The van der Waals surface area contributed by atoms with Crippen LogP contribution in [0.2, 0.25) is 5.02 Å². The predicted molar refractivity (Wildman–Crippen MR) is 112 cm³/mol. The lowest BCUT2D eigenvalue weighted by atomic mass is 10.2. The number of para-hydroxylation sites is 1. The van der Waals surface area contributed by atoms with Gasteiger partial charge in [0.05, 0.1) is 10.7 Å². The molecule has 0 spiro atoms. The first-order valence-corrected chi connectivity index (χ1v) is 9.47. The first-order chi connectivity index (χ1) is 14.0. The van der Waals surface area contributed by atoms with Crippen LogP contribution < -0.4 is 20.9 Å². The maximum atomic E-state index is 14.0. The molecule has 0 radical (unpaired) electrons. The van der Waals surface area contributed by atoms with Crippen LogP contribution >= 0.6 is 11.6 Å². The van der Waals surface area contributed by atoms with E-state index in [1.54, 1.807) is 18.2 Å². The van der Waals surface area contributed by atoms with Gasteiger partial charge in [0.1, 0.15) is 23.6 Å². The van der Waals surface area contributed by atoms with E-state index in [0.29, 0.717) is 54.9 Å². The number of piperazine rings is 1. The summed E-state index contributed by atoms with van der Waals surface area (Å²) in [4.78, 5) is 12.5. The van der Waals surface area contributed by atoms with Gasteiger partial charge < -0.3 is 20.9 Å². The highest BCUT2D eigenvalue weighted by molar-refractivity contribution is 6.31. The number of nitrogens with one attached hydrogen (secondary N) is 1. The van der Waals surface area contributed by atoms with Crippen molar-refractivity contribution in [3.8, 4) is 0 Å². The first kappa shape index (κ1) is 19.2. The molecule has 0 saturated carbocycles. The van der Waals surface area contributed by atoms with Crippen LogP contribution in [0.4, 0.5) is 37.5 Å². The van der Waals surface area contributed by atoms with E-state index in [9.17, 15) is 8.78 Å². The van der Waals surface area contributed by atoms with Crippen molar-refractivity contribution in [1.29, 1.82) is 0 Å². The smallest absolute Gasteiger partial charge is 0.159 e. The highest BCUT2D eigenvalue weighted by Crippen LogP contribution is 2.31. The Balaban J connectivity index is 1.49. The van der Waals surface area contributed by atoms with Crippen molar-refractivity contribution in [1.82, 2.24) is 9.97 Å². The van der Waals surface area contributed by atoms with Gasteiger partial charge in [0.2, 0.25) is 0 Å². The minimum Gasteiger partial charge on any atom is -0.393 e. The van der Waals surface area contributed by atoms with Gasteiger partial charge in [0, 0.05) is 31.9 Å². The number of hydrogen-bond donors (Lipinski definition) is 2. The molecule has 3 aromatic rings. The second kappa shape index (κ2) is 8.08. The summed E-state index contributed by atoms with van der Waals surface area (Å²) in [7, 11) is 0. The molecule has 1 aliphatic rings. The molecular weight excluding hydrogens is 398 g/mol. The Bertz CT molecular complexity index is 1020. The van der Waals surface area contributed by atoms with Crippen molar-refractivity contribution in [3.63, 3.8) is 0 Å². The molecule has 0 amide bonds. The van der Waals surface area contributed by atoms with E-state index in [1.807, 2.05) is 15.9 Å². The van der Waals surface area contributed by atoms with E-state index in [2.05, 4.69) is 15.3 Å². The third-order valence-corrected chi connectivity index (χ3v) is 5.11. The standard InChI is InChI=1S/C20H19ClF2N6/c21-14-11-13(5-6-15(14)22)27-19-18(24)20(26-12-25-19)29-9-7-28(8-10-29)17-4-2-1-3-16(17)23/h1-6,11-12H,7-10,24H2,(H,25,26,27). The van der Waals surface area contributed by atoms with Gasteiger partial charge in [-0.2, -0.15) is 0 Å². The van der Waals surface area contributed by atoms with Gasteiger partial charge in [-0.05, 0) is 30.3 Å². The molecule has 2 aromatic carbocycles. The topological polar surface area (TPSA) is 70.3 Å². The second-order valence-electron chi connectivity index (χ2n) is 6.64. The van der Waals surface area contributed by atoms with Crippen molar-refractivity contribution in [2.75, 3.05) is 47.0 Å². The Labute approximate surface area is 171 Å². The third-order valence-electron chi connectivity index (χ3n) is 4.82. The number of anilines is 5. The fraction of sp³-hybridized carbons (Fsp3) is 0.200. The number of nitrogens with zero attached hydrogens (tertiary/aromatic N) is 4. The molecular formula is C20H19ClF2N6. The van der Waals surface area contributed by atoms with E-state index in [1.165, 1.54) is 24.5 Å². The third kappa shape index (κ3) is 4.02. The van der Waals surface area contributed by atoms with Gasteiger partial charge in [-0.25, -0.2) is 18.7 Å². The molecule has 1 aromatic heterocycles. The molecule has 29 heavy (non-hydrogen) atoms. The van der Waals surface area contributed by atoms with E-state index < -0.39 is 5.82 Å². The van der Waals surface area contributed by atoms with Crippen LogP contribution in [-0.2, 0) is 0 Å². The fourth-order valence-corrected chi connectivity index (χ4v) is 3.50. The molecule has 0 aliphatic carbocycles. The minimum atomic E-state index is -0.499. The summed E-state index contributed by atoms with van der Waals surface area (Å²) in [5, 5.41) is 3.05. The molecule has 2 heterocycles. The van der Waals surface area contributed by atoms with Crippen molar-refractivity contribution < 1.29 is 8.78 Å². The largest absolute Gasteiger partial charge is 0.393 e. The van der Waals surface area contributed by atoms with Crippen LogP contribution in [0.5, 0.6) is 0 Å². The number of hydrogen-bond acceptors (Lipinski definition) is 6. The van der Waals surface area contributed by atoms with Crippen molar-refractivity contribution >= 4 is 40.3 Å². The Hall–Kier alpha value is -3.13. The Kier molecular flexibility index (Phi) is 5.35. The number of benzene rings is 2. The van der Waals surface area contributed by atoms with Crippen molar-refractivity contribution in [2.45, 2.75) is 0 Å². The van der Waals surface area contributed by atoms with E-state index in [-0.39, 0.29) is 10.8 Å². The van der Waals surface area contributed by atoms with E-state index >= 15 is 0 Å². The van der Waals surface area contributed by atoms with Crippen molar-refractivity contribution in [2.24, 2.45) is 0 Å². The number of halogens is 3. The average molecular weight is 417 g/mol. The monoisotopic (exact) mass is 416 g/mol. The number of rotatable bonds is 4. The van der Waals surface area contributed by atoms with Crippen LogP contribution in [0, 0.1) is 11.6 Å². The molecule has 4 rings (SSSR count). The molecule has 150 valence electrons. The summed E-state index contributed by atoms with van der Waals surface area (Å²) in [5.41, 5.74) is 7.83. The van der Waals surface area contributed by atoms with Crippen LogP contribution in [0.3, 0.4) is 0 Å². The zero-order valence-electron chi connectivity index (χ0n) is 15.4. The summed E-state index contributed by atoms with van der Waals surface area (Å²) >= 11 is 5.83. The Morgan fingerprint density at radius 2 is 1.66 bits per heavy atom. The molecule has 6 nitrogen and oxygen atoms in total. The van der Waals surface area contributed by atoms with Gasteiger partial charge in [-0.15, -0.1) is 0 Å². The zero-order valence-corrected chi connectivity index (χ0v) is 16.2. The molecule has 0 unspecified atom stereocenters.